The fraction of sp³-hybridized carbons (Fsp3) is 0.100. The summed E-state index contributed by atoms with van der Waals surface area (Å²) in [5.41, 5.74) is 0.908. The van der Waals surface area contributed by atoms with Crippen LogP contribution >= 0.6 is 15.9 Å². The van der Waals surface area contributed by atoms with Crippen molar-refractivity contribution in [3.8, 4) is 0 Å². The largest absolute Gasteiger partial charge is 0.494 e. The van der Waals surface area contributed by atoms with Crippen molar-refractivity contribution >= 4 is 22.0 Å². The van der Waals surface area contributed by atoms with Crippen molar-refractivity contribution in [2.45, 2.75) is 6.04 Å². The van der Waals surface area contributed by atoms with Gasteiger partial charge < -0.3 is 10.4 Å². The second kappa shape index (κ2) is 3.94. The van der Waals surface area contributed by atoms with Gasteiger partial charge >= 0.3 is 6.03 Å². The Hall–Kier alpha value is -1.49. The minimum atomic E-state index is -0.412. The molecule has 1 unspecified atom stereocenters. The van der Waals surface area contributed by atoms with Crippen LogP contribution < -0.4 is 10.6 Å². The Morgan fingerprint density at radius 1 is 1.27 bits per heavy atom. The number of hydrogen-bond acceptors (Lipinski definition) is 2. The third kappa shape index (κ3) is 1.97. The number of benzene rings is 1. The van der Waals surface area contributed by atoms with E-state index in [9.17, 15) is 9.90 Å². The minimum Gasteiger partial charge on any atom is -0.494 e. The highest BCUT2D eigenvalue weighted by Gasteiger charge is 2.26. The van der Waals surface area contributed by atoms with Crippen LogP contribution in [-0.2, 0) is 0 Å². The van der Waals surface area contributed by atoms with E-state index in [-0.39, 0.29) is 11.9 Å². The molecule has 5 heteroatoms. The number of carbonyl (C=O) groups excluding carboxylic acids is 1. The molecule has 2 amide bonds. The van der Waals surface area contributed by atoms with E-state index in [1.54, 1.807) is 0 Å². The molecule has 0 radical (unpaired) electrons. The van der Waals surface area contributed by atoms with Crippen molar-refractivity contribution in [2.75, 3.05) is 0 Å². The van der Waals surface area contributed by atoms with Gasteiger partial charge in [-0.25, -0.2) is 4.79 Å². The SMILES string of the molecule is O=C1NC(O)=C(Br)C(c2ccccc2)N1. The van der Waals surface area contributed by atoms with Gasteiger partial charge in [-0.15, -0.1) is 0 Å². The highest BCUT2D eigenvalue weighted by molar-refractivity contribution is 9.11. The normalized spacial score (nSPS) is 20.9. The number of carbonyl (C=O) groups is 1. The fourth-order valence-corrected chi connectivity index (χ4v) is 1.89. The zero-order valence-electron chi connectivity index (χ0n) is 7.70. The summed E-state index contributed by atoms with van der Waals surface area (Å²) in [6.07, 6.45) is 0. The lowest BCUT2D eigenvalue weighted by Gasteiger charge is -2.24. The Balaban J connectivity index is 2.37. The molecule has 1 aliphatic rings. The van der Waals surface area contributed by atoms with Gasteiger partial charge in [0.05, 0.1) is 10.5 Å². The number of rotatable bonds is 1. The fourth-order valence-electron chi connectivity index (χ4n) is 1.41. The number of urea groups is 1. The lowest BCUT2D eigenvalue weighted by molar-refractivity contribution is 0.229. The van der Waals surface area contributed by atoms with Crippen LogP contribution in [0.4, 0.5) is 4.79 Å². The Labute approximate surface area is 95.1 Å². The summed E-state index contributed by atoms with van der Waals surface area (Å²) < 4.78 is 0.522. The molecule has 0 aromatic heterocycles. The second-order valence-corrected chi connectivity index (χ2v) is 3.99. The molecule has 0 fully saturated rings. The molecular formula is C10H9BrN2O2. The van der Waals surface area contributed by atoms with E-state index in [1.165, 1.54) is 0 Å². The zero-order valence-corrected chi connectivity index (χ0v) is 9.28. The maximum atomic E-state index is 11.2. The first-order valence-electron chi connectivity index (χ1n) is 4.39. The van der Waals surface area contributed by atoms with E-state index in [4.69, 9.17) is 0 Å². The van der Waals surface area contributed by atoms with Crippen molar-refractivity contribution in [3.05, 3.63) is 46.3 Å². The van der Waals surface area contributed by atoms with Gasteiger partial charge in [0, 0.05) is 0 Å². The topological polar surface area (TPSA) is 61.4 Å². The monoisotopic (exact) mass is 268 g/mol. The highest BCUT2D eigenvalue weighted by Crippen LogP contribution is 2.29. The molecule has 1 aromatic rings. The molecule has 78 valence electrons. The maximum absolute atomic E-state index is 11.2. The summed E-state index contributed by atoms with van der Waals surface area (Å²) in [6, 6.07) is 8.66. The first kappa shape index (κ1) is 10.0. The first-order chi connectivity index (χ1) is 7.18. The molecule has 0 bridgehead atoms. The van der Waals surface area contributed by atoms with Crippen LogP contribution in [0.2, 0.25) is 0 Å². The number of hydrogen-bond donors (Lipinski definition) is 3. The van der Waals surface area contributed by atoms with Crippen molar-refractivity contribution < 1.29 is 9.90 Å². The van der Waals surface area contributed by atoms with Crippen LogP contribution in [0.5, 0.6) is 0 Å². The van der Waals surface area contributed by atoms with Crippen LogP contribution in [-0.4, -0.2) is 11.1 Å². The number of aliphatic hydroxyl groups is 1. The number of amides is 2. The molecule has 15 heavy (non-hydrogen) atoms. The maximum Gasteiger partial charge on any atom is 0.322 e. The summed E-state index contributed by atoms with van der Waals surface area (Å²) in [5.74, 6) is -0.146. The average molecular weight is 269 g/mol. The highest BCUT2D eigenvalue weighted by atomic mass is 79.9. The lowest BCUT2D eigenvalue weighted by atomic mass is 10.1. The van der Waals surface area contributed by atoms with Gasteiger partial charge in [0.25, 0.3) is 0 Å². The van der Waals surface area contributed by atoms with Crippen LogP contribution in [0.25, 0.3) is 0 Å². The molecule has 0 saturated carbocycles. The summed E-state index contributed by atoms with van der Waals surface area (Å²) in [5, 5.41) is 14.4. The van der Waals surface area contributed by atoms with E-state index in [0.29, 0.717) is 4.48 Å². The van der Waals surface area contributed by atoms with Crippen molar-refractivity contribution in [1.82, 2.24) is 10.6 Å². The Morgan fingerprint density at radius 2 is 1.93 bits per heavy atom. The van der Waals surface area contributed by atoms with Gasteiger partial charge in [-0.1, -0.05) is 30.3 Å². The van der Waals surface area contributed by atoms with Crippen molar-refractivity contribution in [1.29, 1.82) is 0 Å². The predicted molar refractivity (Wildman–Crippen MR) is 59.4 cm³/mol. The average Bonchev–Trinajstić information content (AvgIpc) is 2.24. The standard InChI is InChI=1S/C10H9BrN2O2/c11-7-8(6-4-2-1-3-5-6)12-10(15)13-9(7)14/h1-5,8,14H,(H2,12,13,15). The van der Waals surface area contributed by atoms with Gasteiger partial charge in [-0.3, -0.25) is 5.32 Å². The molecule has 0 saturated heterocycles. The van der Waals surface area contributed by atoms with Crippen LogP contribution in [0.15, 0.2) is 40.7 Å². The Bertz CT molecular complexity index is 417. The number of halogens is 1. The van der Waals surface area contributed by atoms with Crippen molar-refractivity contribution in [3.63, 3.8) is 0 Å². The van der Waals surface area contributed by atoms with Crippen LogP contribution in [0, 0.1) is 0 Å². The van der Waals surface area contributed by atoms with E-state index in [1.807, 2.05) is 30.3 Å². The Kier molecular flexibility index (Phi) is 2.64. The number of aliphatic hydroxyl groups excluding tert-OH is 1. The second-order valence-electron chi connectivity index (χ2n) is 3.14. The third-order valence-corrected chi connectivity index (χ3v) is 2.95. The number of nitrogens with one attached hydrogen (secondary N) is 2. The smallest absolute Gasteiger partial charge is 0.322 e. The molecule has 1 aliphatic heterocycles. The predicted octanol–water partition coefficient (Wildman–Crippen LogP) is 2.16. The van der Waals surface area contributed by atoms with Gasteiger partial charge in [0.2, 0.25) is 5.88 Å². The summed E-state index contributed by atoms with van der Waals surface area (Å²) in [4.78, 5) is 11.2. The first-order valence-corrected chi connectivity index (χ1v) is 5.19. The van der Waals surface area contributed by atoms with E-state index < -0.39 is 6.03 Å². The van der Waals surface area contributed by atoms with Gasteiger partial charge in [0.15, 0.2) is 0 Å². The molecule has 1 aromatic carbocycles. The third-order valence-electron chi connectivity index (χ3n) is 2.12. The van der Waals surface area contributed by atoms with Crippen LogP contribution in [0.3, 0.4) is 0 Å². The van der Waals surface area contributed by atoms with Gasteiger partial charge in [0.1, 0.15) is 0 Å². The molecule has 3 N–H and O–H groups in total. The van der Waals surface area contributed by atoms with Gasteiger partial charge in [-0.2, -0.15) is 0 Å². The summed E-state index contributed by atoms with van der Waals surface area (Å²) in [7, 11) is 0. The summed E-state index contributed by atoms with van der Waals surface area (Å²) >= 11 is 3.24. The van der Waals surface area contributed by atoms with E-state index in [2.05, 4.69) is 26.6 Å². The quantitative estimate of drug-likeness (QED) is 0.731. The zero-order chi connectivity index (χ0) is 10.8. The van der Waals surface area contributed by atoms with Crippen LogP contribution in [0.1, 0.15) is 11.6 Å². The lowest BCUT2D eigenvalue weighted by Crippen LogP contribution is -2.42. The molecule has 0 spiro atoms. The van der Waals surface area contributed by atoms with Gasteiger partial charge in [-0.05, 0) is 21.5 Å². The minimum absolute atomic E-state index is 0.146. The molecule has 2 rings (SSSR count). The van der Waals surface area contributed by atoms with E-state index >= 15 is 0 Å². The molecule has 0 aliphatic carbocycles. The molecule has 4 nitrogen and oxygen atoms in total. The van der Waals surface area contributed by atoms with Crippen molar-refractivity contribution in [2.24, 2.45) is 0 Å². The molecular weight excluding hydrogens is 260 g/mol. The Morgan fingerprint density at radius 3 is 2.60 bits per heavy atom. The molecule has 1 atom stereocenters. The molecule has 1 heterocycles. The summed E-state index contributed by atoms with van der Waals surface area (Å²) in [6.45, 7) is 0. The van der Waals surface area contributed by atoms with E-state index in [0.717, 1.165) is 5.56 Å².